The van der Waals surface area contributed by atoms with E-state index in [9.17, 15) is 19.5 Å². The van der Waals surface area contributed by atoms with Crippen LogP contribution in [0.2, 0.25) is 0 Å². The van der Waals surface area contributed by atoms with E-state index in [0.29, 0.717) is 6.54 Å². The van der Waals surface area contributed by atoms with Crippen LogP contribution in [0.3, 0.4) is 0 Å². The van der Waals surface area contributed by atoms with Crippen molar-refractivity contribution in [2.45, 2.75) is 122 Å². The minimum atomic E-state index is -1.19. The van der Waals surface area contributed by atoms with E-state index >= 15 is 0 Å². The zero-order valence-corrected chi connectivity index (χ0v) is 22.2. The first-order valence-electron chi connectivity index (χ1n) is 13.9. The topological polar surface area (TPSA) is 115 Å². The zero-order valence-electron chi connectivity index (χ0n) is 22.2. The lowest BCUT2D eigenvalue weighted by Crippen LogP contribution is -2.53. The molecule has 0 aliphatic heterocycles. The van der Waals surface area contributed by atoms with Crippen LogP contribution < -0.4 is 5.11 Å². The fourth-order valence-corrected chi connectivity index (χ4v) is 4.54. The summed E-state index contributed by atoms with van der Waals surface area (Å²) in [7, 11) is 0. The second-order valence-corrected chi connectivity index (χ2v) is 9.94. The van der Waals surface area contributed by atoms with E-state index in [4.69, 9.17) is 10.2 Å². The Morgan fingerprint density at radius 3 is 1.43 bits per heavy atom. The average molecular weight is 498 g/mol. The van der Waals surface area contributed by atoms with Gasteiger partial charge in [0.05, 0.1) is 39.0 Å². The highest BCUT2D eigenvalue weighted by Gasteiger charge is 2.28. The molecule has 7 heteroatoms. The summed E-state index contributed by atoms with van der Waals surface area (Å²) >= 11 is 0. The maximum absolute atomic E-state index is 11.1. The first-order valence-corrected chi connectivity index (χ1v) is 13.9. The van der Waals surface area contributed by atoms with Gasteiger partial charge in [-0.25, -0.2) is 0 Å². The normalized spacial score (nSPS) is 11.8. The van der Waals surface area contributed by atoms with Gasteiger partial charge in [0.25, 0.3) is 0 Å². The number of unbranched alkanes of at least 4 members (excludes halogenated alkanes) is 13. The van der Waals surface area contributed by atoms with Gasteiger partial charge < -0.3 is 24.6 Å². The second-order valence-electron chi connectivity index (χ2n) is 9.94. The molecule has 0 aromatic carbocycles. The SMILES string of the molecule is CCCCCCCCCC/C=C/CCCCCCC[N+](CCC(=O)[O-])(CCC(=O)O)CCC(=O)O. The fourth-order valence-electron chi connectivity index (χ4n) is 4.54. The number of allylic oxidation sites excluding steroid dienone is 2. The van der Waals surface area contributed by atoms with Crippen molar-refractivity contribution in [2.75, 3.05) is 26.2 Å². The molecule has 0 unspecified atom stereocenters. The lowest BCUT2D eigenvalue weighted by atomic mass is 10.1. The van der Waals surface area contributed by atoms with E-state index in [0.717, 1.165) is 38.5 Å². The van der Waals surface area contributed by atoms with Crippen LogP contribution >= 0.6 is 0 Å². The van der Waals surface area contributed by atoms with Gasteiger partial charge in [-0.1, -0.05) is 76.9 Å². The molecule has 7 nitrogen and oxygen atoms in total. The van der Waals surface area contributed by atoms with Gasteiger partial charge in [-0.05, 0) is 38.5 Å². The largest absolute Gasteiger partial charge is 0.550 e. The quantitative estimate of drug-likeness (QED) is 0.0949. The number of carboxylic acids is 3. The molecule has 0 radical (unpaired) electrons. The van der Waals surface area contributed by atoms with E-state index < -0.39 is 17.9 Å². The molecule has 0 amide bonds. The summed E-state index contributed by atoms with van der Waals surface area (Å²) in [6, 6.07) is 0. The molecular weight excluding hydrogens is 446 g/mol. The fraction of sp³-hybridized carbons (Fsp3) is 0.821. The maximum atomic E-state index is 11.1. The third kappa shape index (κ3) is 22.3. The molecule has 0 aromatic rings. The Hall–Kier alpha value is -1.89. The molecule has 0 spiro atoms. The highest BCUT2D eigenvalue weighted by molar-refractivity contribution is 5.67. The first kappa shape index (κ1) is 33.1. The molecule has 0 bridgehead atoms. The summed E-state index contributed by atoms with van der Waals surface area (Å²) in [6.07, 6.45) is 22.4. The van der Waals surface area contributed by atoms with E-state index in [2.05, 4.69) is 19.1 Å². The molecule has 0 aliphatic carbocycles. The van der Waals surface area contributed by atoms with E-state index in [1.165, 1.54) is 57.8 Å². The third-order valence-electron chi connectivity index (χ3n) is 6.78. The lowest BCUT2D eigenvalue weighted by molar-refractivity contribution is -0.927. The van der Waals surface area contributed by atoms with Crippen molar-refractivity contribution in [3.8, 4) is 0 Å². The summed E-state index contributed by atoms with van der Waals surface area (Å²) < 4.78 is 0.216. The molecule has 0 rings (SSSR count). The highest BCUT2D eigenvalue weighted by Crippen LogP contribution is 2.16. The number of rotatable bonds is 26. The minimum Gasteiger partial charge on any atom is -0.550 e. The molecule has 0 fully saturated rings. The number of nitrogens with zero attached hydrogens (tertiary/aromatic N) is 1. The van der Waals surface area contributed by atoms with E-state index in [1.807, 2.05) is 0 Å². The van der Waals surface area contributed by atoms with Gasteiger partial charge >= 0.3 is 11.9 Å². The summed E-state index contributed by atoms with van der Waals surface area (Å²) in [4.78, 5) is 33.2. The van der Waals surface area contributed by atoms with E-state index in [1.54, 1.807) is 0 Å². The molecule has 0 saturated heterocycles. The van der Waals surface area contributed by atoms with Gasteiger partial charge in [0.1, 0.15) is 0 Å². The zero-order chi connectivity index (χ0) is 26.2. The molecule has 35 heavy (non-hydrogen) atoms. The van der Waals surface area contributed by atoms with Crippen LogP contribution in [0.25, 0.3) is 0 Å². The molecule has 0 atom stereocenters. The van der Waals surface area contributed by atoms with Crippen molar-refractivity contribution in [1.82, 2.24) is 0 Å². The number of hydrogen-bond donors (Lipinski definition) is 2. The summed E-state index contributed by atoms with van der Waals surface area (Å²) in [5.41, 5.74) is 0. The van der Waals surface area contributed by atoms with Crippen molar-refractivity contribution >= 4 is 17.9 Å². The molecule has 0 aromatic heterocycles. The Morgan fingerprint density at radius 1 is 0.600 bits per heavy atom. The summed E-state index contributed by atoms with van der Waals surface area (Å²) in [5, 5.41) is 29.2. The monoisotopic (exact) mass is 497 g/mol. The van der Waals surface area contributed by atoms with E-state index in [-0.39, 0.29) is 43.4 Å². The summed E-state index contributed by atoms with van der Waals surface area (Å²) in [5.74, 6) is -3.09. The van der Waals surface area contributed by atoms with Crippen molar-refractivity contribution in [3.05, 3.63) is 12.2 Å². The number of carbonyl (C=O) groups excluding carboxylic acids is 1. The van der Waals surface area contributed by atoms with Gasteiger partial charge in [-0.3, -0.25) is 9.59 Å². The number of aliphatic carboxylic acids is 3. The Kier molecular flexibility index (Phi) is 21.3. The third-order valence-corrected chi connectivity index (χ3v) is 6.78. The van der Waals surface area contributed by atoms with Crippen LogP contribution in [0.1, 0.15) is 122 Å². The van der Waals surface area contributed by atoms with Crippen molar-refractivity contribution in [3.63, 3.8) is 0 Å². The van der Waals surface area contributed by atoms with Crippen LogP contribution in [-0.4, -0.2) is 58.8 Å². The molecule has 2 N–H and O–H groups in total. The molecule has 0 aliphatic rings. The minimum absolute atomic E-state index is 0.0992. The maximum Gasteiger partial charge on any atom is 0.309 e. The molecule has 0 heterocycles. The Labute approximate surface area is 213 Å². The Bertz CT molecular complexity index is 544. The predicted octanol–water partition coefficient (Wildman–Crippen LogP) is 5.32. The molecule has 204 valence electrons. The van der Waals surface area contributed by atoms with Crippen LogP contribution in [0.5, 0.6) is 0 Å². The van der Waals surface area contributed by atoms with Crippen molar-refractivity contribution in [2.24, 2.45) is 0 Å². The summed E-state index contributed by atoms with van der Waals surface area (Å²) in [6.45, 7) is 3.57. The number of carboxylic acid groups (broad SMARTS) is 3. The predicted molar refractivity (Wildman–Crippen MR) is 138 cm³/mol. The van der Waals surface area contributed by atoms with Gasteiger partial charge in [0, 0.05) is 12.4 Å². The number of carbonyl (C=O) groups is 3. The van der Waals surface area contributed by atoms with Gasteiger partial charge in [0.15, 0.2) is 0 Å². The lowest BCUT2D eigenvalue weighted by Gasteiger charge is -2.38. The number of quaternary nitrogens is 1. The van der Waals surface area contributed by atoms with Crippen LogP contribution in [0.15, 0.2) is 12.2 Å². The number of hydrogen-bond acceptors (Lipinski definition) is 4. The van der Waals surface area contributed by atoms with Crippen LogP contribution in [-0.2, 0) is 14.4 Å². The Morgan fingerprint density at radius 2 is 1.00 bits per heavy atom. The van der Waals surface area contributed by atoms with Crippen LogP contribution in [0, 0.1) is 0 Å². The van der Waals surface area contributed by atoms with Gasteiger partial charge in [-0.15, -0.1) is 0 Å². The smallest absolute Gasteiger partial charge is 0.309 e. The molecule has 0 saturated carbocycles. The Balaban J connectivity index is 4.08. The average Bonchev–Trinajstić information content (AvgIpc) is 2.81. The van der Waals surface area contributed by atoms with Crippen molar-refractivity contribution in [1.29, 1.82) is 0 Å². The van der Waals surface area contributed by atoms with Crippen LogP contribution in [0.4, 0.5) is 0 Å². The van der Waals surface area contributed by atoms with Gasteiger partial charge in [-0.2, -0.15) is 0 Å². The van der Waals surface area contributed by atoms with Crippen molar-refractivity contribution < 1.29 is 34.2 Å². The first-order chi connectivity index (χ1) is 16.8. The second kappa shape index (κ2) is 22.6. The highest BCUT2D eigenvalue weighted by atomic mass is 16.4. The molecular formula is C28H51NO6. The van der Waals surface area contributed by atoms with Gasteiger partial charge in [0.2, 0.25) is 0 Å². The standard InChI is InChI=1S/C28H51NO6/c1-2-3-4-5-6-7-8-9-10-11-12-13-14-15-16-17-18-22-29(23-19-26(30)31,24-20-27(32)33)25-21-28(34)35/h11-12H,2-10,13-25H2,1H3,(H2-,30,31,32,33,34,35)/b12-11+.